The largest absolute Gasteiger partial charge is 0.274 e. The van der Waals surface area contributed by atoms with Crippen molar-refractivity contribution in [1.29, 1.82) is 0 Å². The molecule has 8 heteroatoms. The Bertz CT molecular complexity index is 1440. The minimum absolute atomic E-state index is 0.140. The molecule has 0 saturated carbocycles. The average Bonchev–Trinajstić information content (AvgIpc) is 3.11. The minimum Gasteiger partial charge on any atom is -0.274 e. The lowest BCUT2D eigenvalue weighted by atomic mass is 10.0. The van der Waals surface area contributed by atoms with Crippen LogP contribution >= 0.6 is 11.6 Å². The maximum Gasteiger partial charge on any atom is 0.252 e. The number of amides is 2. The predicted octanol–water partition coefficient (Wildman–Crippen LogP) is 5.41. The van der Waals surface area contributed by atoms with Gasteiger partial charge in [-0.3, -0.25) is 9.59 Å². The summed E-state index contributed by atoms with van der Waals surface area (Å²) < 4.78 is 29.8. The van der Waals surface area contributed by atoms with Crippen LogP contribution in [0.1, 0.15) is 39.8 Å². The van der Waals surface area contributed by atoms with E-state index in [1.807, 2.05) is 39.0 Å². The summed E-state index contributed by atoms with van der Waals surface area (Å²) in [6, 6.07) is 14.7. The molecule has 1 aliphatic heterocycles. The fourth-order valence-corrected chi connectivity index (χ4v) is 6.98. The standard InChI is InChI=1S/C28H29ClN2O4S/c1-17-10-12-23(13-11-17)31-26(32)15-25(28(31)33)30(16-22-8-6-7-9-24(22)29)36(34,35)27-20(4)18(2)14-19(3)21(27)5/h6-14,25H,15-16H2,1-5H3. The SMILES string of the molecule is Cc1ccc(N2C(=O)CC(N(Cc3ccccc3Cl)S(=O)(=O)c3c(C)c(C)cc(C)c3C)C2=O)cc1. The number of benzene rings is 3. The Hall–Kier alpha value is -3.00. The number of hydrogen-bond donors (Lipinski definition) is 0. The summed E-state index contributed by atoms with van der Waals surface area (Å²) in [6.45, 7) is 9.03. The molecule has 36 heavy (non-hydrogen) atoms. The van der Waals surface area contributed by atoms with Gasteiger partial charge in [0.1, 0.15) is 6.04 Å². The van der Waals surface area contributed by atoms with E-state index in [0.29, 0.717) is 27.4 Å². The van der Waals surface area contributed by atoms with Gasteiger partial charge in [0.2, 0.25) is 15.9 Å². The monoisotopic (exact) mass is 524 g/mol. The number of aryl methyl sites for hydroxylation is 3. The van der Waals surface area contributed by atoms with Crippen molar-refractivity contribution in [1.82, 2.24) is 4.31 Å². The van der Waals surface area contributed by atoms with E-state index in [1.54, 1.807) is 50.2 Å². The molecule has 3 aromatic rings. The van der Waals surface area contributed by atoms with Gasteiger partial charge < -0.3 is 0 Å². The van der Waals surface area contributed by atoms with Crippen molar-refractivity contribution in [2.45, 2.75) is 58.5 Å². The van der Waals surface area contributed by atoms with Crippen LogP contribution < -0.4 is 4.90 Å². The molecule has 4 rings (SSSR count). The second-order valence-corrected chi connectivity index (χ2v) is 11.6. The molecule has 0 aromatic heterocycles. The van der Waals surface area contributed by atoms with E-state index in [9.17, 15) is 18.0 Å². The predicted molar refractivity (Wildman–Crippen MR) is 142 cm³/mol. The highest BCUT2D eigenvalue weighted by molar-refractivity contribution is 7.89. The molecule has 0 radical (unpaired) electrons. The van der Waals surface area contributed by atoms with Crippen molar-refractivity contribution in [3.8, 4) is 0 Å². The number of hydrogen-bond acceptors (Lipinski definition) is 4. The molecular formula is C28H29ClN2O4S. The number of halogens is 1. The lowest BCUT2D eigenvalue weighted by molar-refractivity contribution is -0.122. The van der Waals surface area contributed by atoms with Crippen LogP contribution in [0.25, 0.3) is 0 Å². The maximum atomic E-state index is 14.3. The average molecular weight is 525 g/mol. The third-order valence-electron chi connectivity index (χ3n) is 6.91. The molecule has 1 fully saturated rings. The third kappa shape index (κ3) is 4.59. The van der Waals surface area contributed by atoms with Crippen LogP contribution in [0.3, 0.4) is 0 Å². The molecule has 3 aromatic carbocycles. The summed E-state index contributed by atoms with van der Waals surface area (Å²) in [5, 5.41) is 0.388. The summed E-state index contributed by atoms with van der Waals surface area (Å²) in [5.74, 6) is -1.01. The molecule has 1 heterocycles. The molecule has 1 aliphatic rings. The fraction of sp³-hybridized carbons (Fsp3) is 0.286. The number of nitrogens with zero attached hydrogens (tertiary/aromatic N) is 2. The summed E-state index contributed by atoms with van der Waals surface area (Å²) in [7, 11) is -4.20. The van der Waals surface area contributed by atoms with Crippen molar-refractivity contribution < 1.29 is 18.0 Å². The first-order chi connectivity index (χ1) is 16.9. The number of rotatable bonds is 6. The highest BCUT2D eigenvalue weighted by atomic mass is 35.5. The van der Waals surface area contributed by atoms with Crippen LogP contribution in [0.4, 0.5) is 5.69 Å². The first-order valence-electron chi connectivity index (χ1n) is 11.7. The van der Waals surface area contributed by atoms with Gasteiger partial charge in [-0.05, 0) is 80.6 Å². The van der Waals surface area contributed by atoms with Gasteiger partial charge in [-0.25, -0.2) is 13.3 Å². The zero-order valence-electron chi connectivity index (χ0n) is 21.0. The Labute approximate surface area is 217 Å². The van der Waals surface area contributed by atoms with E-state index in [2.05, 4.69) is 0 Å². The van der Waals surface area contributed by atoms with Crippen molar-refractivity contribution >= 4 is 39.1 Å². The molecule has 1 unspecified atom stereocenters. The first-order valence-corrected chi connectivity index (χ1v) is 13.5. The van der Waals surface area contributed by atoms with E-state index in [4.69, 9.17) is 11.6 Å². The molecule has 0 spiro atoms. The quantitative estimate of drug-likeness (QED) is 0.404. The summed E-state index contributed by atoms with van der Waals surface area (Å²) >= 11 is 6.40. The second-order valence-electron chi connectivity index (χ2n) is 9.35. The normalized spacial score (nSPS) is 16.3. The molecule has 1 atom stereocenters. The molecule has 1 saturated heterocycles. The summed E-state index contributed by atoms with van der Waals surface area (Å²) in [4.78, 5) is 28.0. The Morgan fingerprint density at radius 2 is 1.50 bits per heavy atom. The van der Waals surface area contributed by atoms with Gasteiger partial charge in [0.25, 0.3) is 5.91 Å². The van der Waals surface area contributed by atoms with Gasteiger partial charge in [0.15, 0.2) is 0 Å². The Kier molecular flexibility index (Phi) is 7.10. The summed E-state index contributed by atoms with van der Waals surface area (Å²) in [6.07, 6.45) is -0.251. The lowest BCUT2D eigenvalue weighted by Crippen LogP contribution is -2.45. The van der Waals surface area contributed by atoms with Crippen molar-refractivity contribution in [2.75, 3.05) is 4.90 Å². The molecular weight excluding hydrogens is 496 g/mol. The van der Waals surface area contributed by atoms with Crippen LogP contribution in [0, 0.1) is 34.6 Å². The van der Waals surface area contributed by atoms with Gasteiger partial charge in [-0.2, -0.15) is 4.31 Å². The van der Waals surface area contributed by atoms with Gasteiger partial charge in [-0.1, -0.05) is 53.6 Å². The number of anilines is 1. The van der Waals surface area contributed by atoms with E-state index < -0.39 is 27.9 Å². The maximum absolute atomic E-state index is 14.3. The van der Waals surface area contributed by atoms with E-state index in [-0.39, 0.29) is 17.9 Å². The van der Waals surface area contributed by atoms with Gasteiger partial charge in [0, 0.05) is 11.6 Å². The first kappa shape index (κ1) is 26.1. The highest BCUT2D eigenvalue weighted by Gasteiger charge is 2.47. The zero-order valence-corrected chi connectivity index (χ0v) is 22.6. The van der Waals surface area contributed by atoms with Crippen LogP contribution in [0.5, 0.6) is 0 Å². The van der Waals surface area contributed by atoms with E-state index in [0.717, 1.165) is 25.9 Å². The lowest BCUT2D eigenvalue weighted by Gasteiger charge is -2.29. The van der Waals surface area contributed by atoms with Crippen molar-refractivity contribution in [2.24, 2.45) is 0 Å². The van der Waals surface area contributed by atoms with Crippen molar-refractivity contribution in [3.05, 3.63) is 93.0 Å². The van der Waals surface area contributed by atoms with Crippen LogP contribution in [-0.4, -0.2) is 30.6 Å². The molecule has 0 N–H and O–H groups in total. The fourth-order valence-electron chi connectivity index (χ4n) is 4.65. The third-order valence-corrected chi connectivity index (χ3v) is 9.41. The van der Waals surface area contributed by atoms with Gasteiger partial charge in [0.05, 0.1) is 17.0 Å². The number of carbonyl (C=O) groups excluding carboxylic acids is 2. The van der Waals surface area contributed by atoms with Crippen LogP contribution in [-0.2, 0) is 26.2 Å². The van der Waals surface area contributed by atoms with Gasteiger partial charge in [-0.15, -0.1) is 0 Å². The molecule has 0 bridgehead atoms. The topological polar surface area (TPSA) is 74.8 Å². The van der Waals surface area contributed by atoms with E-state index in [1.165, 1.54) is 0 Å². The minimum atomic E-state index is -4.20. The van der Waals surface area contributed by atoms with E-state index >= 15 is 0 Å². The molecule has 188 valence electrons. The summed E-state index contributed by atoms with van der Waals surface area (Å²) in [5.41, 5.74) is 4.87. The number of sulfonamides is 1. The van der Waals surface area contributed by atoms with Crippen molar-refractivity contribution in [3.63, 3.8) is 0 Å². The number of imide groups is 1. The Balaban J connectivity index is 1.86. The van der Waals surface area contributed by atoms with Gasteiger partial charge >= 0.3 is 0 Å². The smallest absolute Gasteiger partial charge is 0.252 e. The Morgan fingerprint density at radius 1 is 0.917 bits per heavy atom. The molecule has 0 aliphatic carbocycles. The molecule has 2 amide bonds. The Morgan fingerprint density at radius 3 is 2.08 bits per heavy atom. The highest BCUT2D eigenvalue weighted by Crippen LogP contribution is 2.35. The molecule has 6 nitrogen and oxygen atoms in total. The zero-order chi connectivity index (χ0) is 26.4. The van der Waals surface area contributed by atoms with Crippen LogP contribution in [0.15, 0.2) is 59.5 Å². The number of carbonyl (C=O) groups is 2. The second kappa shape index (κ2) is 9.81. The van der Waals surface area contributed by atoms with Crippen LogP contribution in [0.2, 0.25) is 5.02 Å².